The maximum absolute atomic E-state index is 11.4. The standard InChI is InChI=1S/C13H11ClN2O2S/c1-18-13(17)8-4-5-11(10(15)7-8)19-12-9(14)3-2-6-16-12/h2-7H,15H2,1H3. The van der Waals surface area contributed by atoms with Crippen molar-refractivity contribution in [1.29, 1.82) is 0 Å². The number of anilines is 1. The molecule has 2 N–H and O–H groups in total. The molecular formula is C13H11ClN2O2S. The highest BCUT2D eigenvalue weighted by Gasteiger charge is 2.10. The van der Waals surface area contributed by atoms with Crippen LogP contribution in [0.15, 0.2) is 46.5 Å². The molecule has 0 saturated heterocycles. The first-order valence-corrected chi connectivity index (χ1v) is 6.57. The number of benzene rings is 1. The molecule has 2 aromatic rings. The fourth-order valence-corrected chi connectivity index (χ4v) is 2.47. The van der Waals surface area contributed by atoms with Crippen molar-refractivity contribution in [1.82, 2.24) is 4.98 Å². The number of halogens is 1. The first-order valence-electron chi connectivity index (χ1n) is 5.38. The number of carbonyl (C=O) groups excluding carboxylic acids is 1. The Morgan fingerprint density at radius 3 is 2.84 bits per heavy atom. The lowest BCUT2D eigenvalue weighted by Crippen LogP contribution is -2.02. The van der Waals surface area contributed by atoms with Crippen molar-refractivity contribution in [2.45, 2.75) is 9.92 Å². The molecule has 19 heavy (non-hydrogen) atoms. The van der Waals surface area contributed by atoms with Gasteiger partial charge in [-0.25, -0.2) is 9.78 Å². The Balaban J connectivity index is 2.27. The number of hydrogen-bond acceptors (Lipinski definition) is 5. The van der Waals surface area contributed by atoms with Crippen molar-refractivity contribution in [3.63, 3.8) is 0 Å². The van der Waals surface area contributed by atoms with Crippen LogP contribution in [0.2, 0.25) is 5.02 Å². The zero-order chi connectivity index (χ0) is 13.8. The summed E-state index contributed by atoms with van der Waals surface area (Å²) in [6, 6.07) is 8.50. The van der Waals surface area contributed by atoms with Crippen LogP contribution in [0.5, 0.6) is 0 Å². The summed E-state index contributed by atoms with van der Waals surface area (Å²) in [5, 5.41) is 1.23. The number of nitrogens with zero attached hydrogens (tertiary/aromatic N) is 1. The quantitative estimate of drug-likeness (QED) is 0.695. The van der Waals surface area contributed by atoms with E-state index in [9.17, 15) is 4.79 Å². The average Bonchev–Trinajstić information content (AvgIpc) is 2.42. The van der Waals surface area contributed by atoms with Gasteiger partial charge in [0.05, 0.1) is 17.7 Å². The number of rotatable bonds is 3. The van der Waals surface area contributed by atoms with E-state index in [-0.39, 0.29) is 0 Å². The number of carbonyl (C=O) groups is 1. The van der Waals surface area contributed by atoms with Gasteiger partial charge in [0.15, 0.2) is 0 Å². The summed E-state index contributed by atoms with van der Waals surface area (Å²) in [4.78, 5) is 16.3. The summed E-state index contributed by atoms with van der Waals surface area (Å²) in [7, 11) is 1.33. The molecule has 0 bridgehead atoms. The molecule has 2 rings (SSSR count). The normalized spacial score (nSPS) is 10.2. The second-order valence-corrected chi connectivity index (χ2v) is 5.07. The molecule has 1 aromatic carbocycles. The van der Waals surface area contributed by atoms with Gasteiger partial charge < -0.3 is 10.5 Å². The lowest BCUT2D eigenvalue weighted by atomic mass is 10.2. The number of esters is 1. The largest absolute Gasteiger partial charge is 0.465 e. The first-order chi connectivity index (χ1) is 9.11. The second-order valence-electron chi connectivity index (χ2n) is 3.64. The highest BCUT2D eigenvalue weighted by atomic mass is 35.5. The van der Waals surface area contributed by atoms with E-state index in [1.54, 1.807) is 36.5 Å². The first kappa shape index (κ1) is 13.7. The third kappa shape index (κ3) is 3.19. The van der Waals surface area contributed by atoms with Crippen molar-refractivity contribution in [3.8, 4) is 0 Å². The van der Waals surface area contributed by atoms with E-state index in [0.717, 1.165) is 4.90 Å². The van der Waals surface area contributed by atoms with Crippen LogP contribution in [0, 0.1) is 0 Å². The van der Waals surface area contributed by atoms with Gasteiger partial charge in [0.2, 0.25) is 0 Å². The summed E-state index contributed by atoms with van der Waals surface area (Å²) >= 11 is 7.38. The maximum atomic E-state index is 11.4. The summed E-state index contributed by atoms with van der Waals surface area (Å²) in [5.74, 6) is -0.417. The van der Waals surface area contributed by atoms with E-state index in [4.69, 9.17) is 17.3 Å². The minimum atomic E-state index is -0.417. The van der Waals surface area contributed by atoms with Gasteiger partial charge in [-0.3, -0.25) is 0 Å². The summed E-state index contributed by atoms with van der Waals surface area (Å²) in [5.41, 5.74) is 6.81. The number of nitrogen functional groups attached to an aromatic ring is 1. The molecular weight excluding hydrogens is 284 g/mol. The van der Waals surface area contributed by atoms with Crippen molar-refractivity contribution >= 4 is 35.0 Å². The lowest BCUT2D eigenvalue weighted by Gasteiger charge is -2.07. The number of pyridine rings is 1. The zero-order valence-corrected chi connectivity index (χ0v) is 11.7. The van der Waals surface area contributed by atoms with E-state index in [1.807, 2.05) is 0 Å². The lowest BCUT2D eigenvalue weighted by molar-refractivity contribution is 0.0600. The topological polar surface area (TPSA) is 65.2 Å². The van der Waals surface area contributed by atoms with E-state index in [0.29, 0.717) is 21.3 Å². The molecule has 0 atom stereocenters. The molecule has 0 amide bonds. The number of nitrogens with two attached hydrogens (primary N) is 1. The minimum Gasteiger partial charge on any atom is -0.465 e. The number of ether oxygens (including phenoxy) is 1. The SMILES string of the molecule is COC(=O)c1ccc(Sc2ncccc2Cl)c(N)c1. The fraction of sp³-hybridized carbons (Fsp3) is 0.0769. The number of methoxy groups -OCH3 is 1. The molecule has 0 saturated carbocycles. The average molecular weight is 295 g/mol. The molecule has 0 fully saturated rings. The van der Waals surface area contributed by atoms with E-state index >= 15 is 0 Å². The van der Waals surface area contributed by atoms with Gasteiger partial charge in [0.25, 0.3) is 0 Å². The van der Waals surface area contributed by atoms with Gasteiger partial charge in [-0.1, -0.05) is 23.4 Å². The van der Waals surface area contributed by atoms with Crippen LogP contribution in [0.25, 0.3) is 0 Å². The third-order valence-corrected chi connectivity index (χ3v) is 3.89. The van der Waals surface area contributed by atoms with E-state index < -0.39 is 5.97 Å². The minimum absolute atomic E-state index is 0.413. The van der Waals surface area contributed by atoms with Gasteiger partial charge in [0.1, 0.15) is 5.03 Å². The van der Waals surface area contributed by atoms with E-state index in [1.165, 1.54) is 18.9 Å². The van der Waals surface area contributed by atoms with Crippen LogP contribution in [-0.2, 0) is 4.74 Å². The van der Waals surface area contributed by atoms with Crippen LogP contribution >= 0.6 is 23.4 Å². The van der Waals surface area contributed by atoms with Gasteiger partial charge >= 0.3 is 5.97 Å². The molecule has 0 aliphatic carbocycles. The molecule has 98 valence electrons. The van der Waals surface area contributed by atoms with Gasteiger partial charge in [0, 0.05) is 16.8 Å². The Hall–Kier alpha value is -1.72. The smallest absolute Gasteiger partial charge is 0.337 e. The maximum Gasteiger partial charge on any atom is 0.337 e. The number of aromatic nitrogens is 1. The van der Waals surface area contributed by atoms with Crippen molar-refractivity contribution in [2.24, 2.45) is 0 Å². The molecule has 1 heterocycles. The van der Waals surface area contributed by atoms with Crippen molar-refractivity contribution in [3.05, 3.63) is 47.1 Å². The second kappa shape index (κ2) is 5.95. The molecule has 0 spiro atoms. The molecule has 0 aliphatic rings. The predicted molar refractivity (Wildman–Crippen MR) is 75.6 cm³/mol. The third-order valence-electron chi connectivity index (χ3n) is 2.36. The van der Waals surface area contributed by atoms with Crippen LogP contribution < -0.4 is 5.73 Å². The summed E-state index contributed by atoms with van der Waals surface area (Å²) in [6.45, 7) is 0. The van der Waals surface area contributed by atoms with Crippen molar-refractivity contribution < 1.29 is 9.53 Å². The highest BCUT2D eigenvalue weighted by Crippen LogP contribution is 2.34. The van der Waals surface area contributed by atoms with Crippen molar-refractivity contribution in [2.75, 3.05) is 12.8 Å². The monoisotopic (exact) mass is 294 g/mol. The van der Waals surface area contributed by atoms with Crippen LogP contribution in [0.1, 0.15) is 10.4 Å². The molecule has 0 aliphatic heterocycles. The number of hydrogen-bond donors (Lipinski definition) is 1. The molecule has 0 radical (unpaired) electrons. The Kier molecular flexibility index (Phi) is 4.29. The Bertz CT molecular complexity index is 619. The van der Waals surface area contributed by atoms with Gasteiger partial charge in [-0.05, 0) is 30.3 Å². The zero-order valence-electron chi connectivity index (χ0n) is 10.1. The van der Waals surface area contributed by atoms with Gasteiger partial charge in [-0.2, -0.15) is 0 Å². The molecule has 1 aromatic heterocycles. The van der Waals surface area contributed by atoms with Crippen LogP contribution in [0.4, 0.5) is 5.69 Å². The predicted octanol–water partition coefficient (Wildman–Crippen LogP) is 3.26. The molecule has 6 heteroatoms. The molecule has 4 nitrogen and oxygen atoms in total. The van der Waals surface area contributed by atoms with Crippen LogP contribution in [-0.4, -0.2) is 18.1 Å². The molecule has 0 unspecified atom stereocenters. The summed E-state index contributed by atoms with van der Waals surface area (Å²) < 4.78 is 4.63. The van der Waals surface area contributed by atoms with E-state index in [2.05, 4.69) is 9.72 Å². The Labute approximate surface area is 119 Å². The Morgan fingerprint density at radius 1 is 1.42 bits per heavy atom. The Morgan fingerprint density at radius 2 is 2.21 bits per heavy atom. The fourth-order valence-electron chi connectivity index (χ4n) is 1.44. The highest BCUT2D eigenvalue weighted by molar-refractivity contribution is 7.99. The summed E-state index contributed by atoms with van der Waals surface area (Å²) in [6.07, 6.45) is 1.66. The van der Waals surface area contributed by atoms with Crippen LogP contribution in [0.3, 0.4) is 0 Å². The van der Waals surface area contributed by atoms with Gasteiger partial charge in [-0.15, -0.1) is 0 Å².